The third kappa shape index (κ3) is 5.12. The molecule has 3 atom stereocenters. The maximum Gasteiger partial charge on any atom is 0.412 e. The van der Waals surface area contributed by atoms with E-state index in [1.807, 2.05) is 0 Å². The van der Waals surface area contributed by atoms with Crippen LogP contribution in [0.15, 0.2) is 24.3 Å². The standard InChI is InChI=1S/C22H33N3O6Si/c1-21(2,3)17-11-22(31-32(4)5,16-10-19(26)23-12-16)24(13-17)20(27)30-14-15-6-8-18(9-7-15)25(28)29/h6-9,16-17,32H,10-14H2,1-5H3,(H,23,26)/t16?,17-,22-/m0/s1. The van der Waals surface area contributed by atoms with Crippen molar-refractivity contribution in [2.24, 2.45) is 17.3 Å². The van der Waals surface area contributed by atoms with E-state index in [-0.39, 0.29) is 35.5 Å². The molecule has 2 fully saturated rings. The monoisotopic (exact) mass is 463 g/mol. The van der Waals surface area contributed by atoms with Crippen molar-refractivity contribution in [3.8, 4) is 0 Å². The van der Waals surface area contributed by atoms with Gasteiger partial charge in [0, 0.05) is 37.6 Å². The van der Waals surface area contributed by atoms with Crippen molar-refractivity contribution in [2.45, 2.75) is 59.0 Å². The fourth-order valence-corrected chi connectivity index (χ4v) is 5.81. The first-order valence-corrected chi connectivity index (χ1v) is 13.8. The summed E-state index contributed by atoms with van der Waals surface area (Å²) in [5.41, 5.74) is -0.265. The zero-order chi connectivity index (χ0) is 23.7. The van der Waals surface area contributed by atoms with Crippen molar-refractivity contribution in [2.75, 3.05) is 13.1 Å². The Labute approximate surface area is 190 Å². The number of nitrogens with zero attached hydrogens (tertiary/aromatic N) is 2. The Morgan fingerprint density at radius 3 is 2.47 bits per heavy atom. The molecule has 0 aliphatic carbocycles. The Bertz CT molecular complexity index is 869. The molecular weight excluding hydrogens is 430 g/mol. The molecule has 176 valence electrons. The maximum atomic E-state index is 13.3. The van der Waals surface area contributed by atoms with Crippen molar-refractivity contribution in [1.82, 2.24) is 10.2 Å². The van der Waals surface area contributed by atoms with Crippen LogP contribution in [0.5, 0.6) is 0 Å². The summed E-state index contributed by atoms with van der Waals surface area (Å²) in [5, 5.41) is 13.7. The summed E-state index contributed by atoms with van der Waals surface area (Å²) in [5.74, 6) is 0.0313. The number of hydrogen-bond acceptors (Lipinski definition) is 6. The first-order valence-electron chi connectivity index (χ1n) is 11.0. The van der Waals surface area contributed by atoms with Gasteiger partial charge in [0.25, 0.3) is 5.69 Å². The second-order valence-corrected chi connectivity index (χ2v) is 12.4. The van der Waals surface area contributed by atoms with E-state index in [0.29, 0.717) is 31.5 Å². The average Bonchev–Trinajstić information content (AvgIpc) is 3.30. The highest BCUT2D eigenvalue weighted by molar-refractivity contribution is 6.48. The van der Waals surface area contributed by atoms with Gasteiger partial charge in [-0.05, 0) is 48.5 Å². The lowest BCUT2D eigenvalue weighted by Gasteiger charge is -2.43. The van der Waals surface area contributed by atoms with Crippen molar-refractivity contribution >= 4 is 26.7 Å². The number of ether oxygens (including phenoxy) is 1. The molecule has 2 saturated heterocycles. The number of nitro groups is 1. The first kappa shape index (κ1) is 24.2. The summed E-state index contributed by atoms with van der Waals surface area (Å²) >= 11 is 0. The number of non-ortho nitro benzene ring substituents is 1. The van der Waals surface area contributed by atoms with Gasteiger partial charge in [-0.25, -0.2) is 4.79 Å². The third-order valence-electron chi connectivity index (χ3n) is 6.41. The lowest BCUT2D eigenvalue weighted by Crippen LogP contribution is -2.56. The van der Waals surface area contributed by atoms with Gasteiger partial charge in [0.15, 0.2) is 9.04 Å². The second-order valence-electron chi connectivity index (χ2n) is 10.1. The van der Waals surface area contributed by atoms with Gasteiger partial charge in [0.1, 0.15) is 12.3 Å². The largest absolute Gasteiger partial charge is 0.444 e. The SMILES string of the molecule is C[SiH](C)O[C@]1(C2CNC(=O)C2)C[C@H](C(C)(C)C)CN1C(=O)OCc1ccc([N+](=O)[O-])cc1. The molecule has 0 bridgehead atoms. The Kier molecular flexibility index (Phi) is 6.94. The highest BCUT2D eigenvalue weighted by Gasteiger charge is 2.57. The Morgan fingerprint density at radius 2 is 1.97 bits per heavy atom. The van der Waals surface area contributed by atoms with Gasteiger partial charge in [0.2, 0.25) is 5.91 Å². The molecule has 1 unspecified atom stereocenters. The number of nitrogens with one attached hydrogen (secondary N) is 1. The summed E-state index contributed by atoms with van der Waals surface area (Å²) in [7, 11) is -1.58. The highest BCUT2D eigenvalue weighted by Crippen LogP contribution is 2.48. The number of benzene rings is 1. The topological polar surface area (TPSA) is 111 Å². The number of rotatable bonds is 6. The van der Waals surface area contributed by atoms with Crippen molar-refractivity contribution < 1.29 is 23.7 Å². The summed E-state index contributed by atoms with van der Waals surface area (Å²) in [6.45, 7) is 11.6. The molecule has 0 radical (unpaired) electrons. The van der Waals surface area contributed by atoms with E-state index in [9.17, 15) is 19.7 Å². The predicted molar refractivity (Wildman–Crippen MR) is 121 cm³/mol. The summed E-state index contributed by atoms with van der Waals surface area (Å²) < 4.78 is 12.2. The van der Waals surface area contributed by atoms with Crippen LogP contribution < -0.4 is 5.32 Å². The highest BCUT2D eigenvalue weighted by atomic mass is 28.3. The molecule has 1 N–H and O–H groups in total. The van der Waals surface area contributed by atoms with Crippen molar-refractivity contribution in [3.05, 3.63) is 39.9 Å². The van der Waals surface area contributed by atoms with Gasteiger partial charge in [-0.15, -0.1) is 0 Å². The molecule has 0 spiro atoms. The molecule has 10 heteroatoms. The van der Waals surface area contributed by atoms with E-state index in [1.54, 1.807) is 17.0 Å². The molecule has 0 aromatic heterocycles. The van der Waals surface area contributed by atoms with Crippen LogP contribution in [-0.4, -0.2) is 49.7 Å². The van der Waals surface area contributed by atoms with E-state index in [2.05, 4.69) is 39.2 Å². The van der Waals surface area contributed by atoms with Gasteiger partial charge in [-0.3, -0.25) is 19.8 Å². The fraction of sp³-hybridized carbons (Fsp3) is 0.636. The van der Waals surface area contributed by atoms with Crippen LogP contribution in [0.3, 0.4) is 0 Å². The van der Waals surface area contributed by atoms with Gasteiger partial charge in [0.05, 0.1) is 4.92 Å². The minimum atomic E-state index is -1.58. The van der Waals surface area contributed by atoms with E-state index in [0.717, 1.165) is 0 Å². The number of amides is 2. The van der Waals surface area contributed by atoms with Crippen molar-refractivity contribution in [1.29, 1.82) is 0 Å². The Hall–Kier alpha value is -2.46. The quantitative estimate of drug-likeness (QED) is 0.393. The van der Waals surface area contributed by atoms with Gasteiger partial charge >= 0.3 is 6.09 Å². The number of likely N-dealkylation sites (tertiary alicyclic amines) is 1. The zero-order valence-electron chi connectivity index (χ0n) is 19.4. The average molecular weight is 464 g/mol. The molecular formula is C22H33N3O6Si. The predicted octanol–water partition coefficient (Wildman–Crippen LogP) is 3.43. The van der Waals surface area contributed by atoms with E-state index in [1.165, 1.54) is 12.1 Å². The molecule has 1 aromatic rings. The van der Waals surface area contributed by atoms with Gasteiger partial charge in [-0.2, -0.15) is 0 Å². The Balaban J connectivity index is 1.84. The van der Waals surface area contributed by atoms with Crippen LogP contribution in [0.2, 0.25) is 13.1 Å². The van der Waals surface area contributed by atoms with Gasteiger partial charge < -0.3 is 14.5 Å². The maximum absolute atomic E-state index is 13.3. The molecule has 32 heavy (non-hydrogen) atoms. The van der Waals surface area contributed by atoms with Crippen molar-refractivity contribution in [3.63, 3.8) is 0 Å². The molecule has 2 amide bonds. The number of carbonyl (C=O) groups excluding carboxylic acids is 2. The Morgan fingerprint density at radius 1 is 1.31 bits per heavy atom. The van der Waals surface area contributed by atoms with E-state index < -0.39 is 25.8 Å². The molecule has 2 heterocycles. The van der Waals surface area contributed by atoms with Crippen LogP contribution in [0.4, 0.5) is 10.5 Å². The molecule has 2 aliphatic rings. The number of hydrogen-bond donors (Lipinski definition) is 1. The van der Waals surface area contributed by atoms with E-state index in [4.69, 9.17) is 9.16 Å². The first-order chi connectivity index (χ1) is 14.9. The second kappa shape index (κ2) is 9.19. The molecule has 3 rings (SSSR count). The van der Waals surface area contributed by atoms with Crippen LogP contribution in [0.25, 0.3) is 0 Å². The zero-order valence-corrected chi connectivity index (χ0v) is 20.6. The van der Waals surface area contributed by atoms with Crippen LogP contribution in [0, 0.1) is 27.4 Å². The normalized spacial score (nSPS) is 25.8. The van der Waals surface area contributed by atoms with Crippen LogP contribution in [-0.2, 0) is 20.6 Å². The fourth-order valence-electron chi connectivity index (χ4n) is 4.58. The number of nitro benzene ring substituents is 1. The van der Waals surface area contributed by atoms with E-state index >= 15 is 0 Å². The molecule has 1 aromatic carbocycles. The summed E-state index contributed by atoms with van der Waals surface area (Å²) in [6.07, 6.45) is 0.502. The minimum absolute atomic E-state index is 0.00451. The van der Waals surface area contributed by atoms with Crippen LogP contribution >= 0.6 is 0 Å². The smallest absolute Gasteiger partial charge is 0.412 e. The van der Waals surface area contributed by atoms with Crippen LogP contribution in [0.1, 0.15) is 39.2 Å². The molecule has 0 saturated carbocycles. The summed E-state index contributed by atoms with van der Waals surface area (Å²) in [4.78, 5) is 37.4. The molecule has 2 aliphatic heterocycles. The lowest BCUT2D eigenvalue weighted by atomic mass is 9.77. The minimum Gasteiger partial charge on any atom is -0.444 e. The lowest BCUT2D eigenvalue weighted by molar-refractivity contribution is -0.384. The van der Waals surface area contributed by atoms with Gasteiger partial charge in [-0.1, -0.05) is 20.8 Å². The molecule has 9 nitrogen and oxygen atoms in total. The third-order valence-corrected chi connectivity index (χ3v) is 7.29. The summed E-state index contributed by atoms with van der Waals surface area (Å²) in [6, 6.07) is 5.94. The number of carbonyl (C=O) groups is 2.